The summed E-state index contributed by atoms with van der Waals surface area (Å²) in [7, 11) is 0. The SMILES string of the molecule is C[C@@]12CC[C@H]3c4ccc(OC(=O)c5ccccc5)cc4CC[C@@H]3[C@@H]1CC(=O)[C@@H]2O. The topological polar surface area (TPSA) is 63.6 Å². The molecule has 150 valence electrons. The second-order valence-corrected chi connectivity index (χ2v) is 9.15. The molecule has 0 bridgehead atoms. The molecule has 4 nitrogen and oxygen atoms in total. The number of aliphatic hydroxyl groups is 1. The predicted octanol–water partition coefficient (Wildman–Crippen LogP) is 4.30. The van der Waals surface area contributed by atoms with Crippen molar-refractivity contribution in [1.29, 1.82) is 0 Å². The van der Waals surface area contributed by atoms with E-state index >= 15 is 0 Å². The van der Waals surface area contributed by atoms with E-state index in [1.165, 1.54) is 11.1 Å². The van der Waals surface area contributed by atoms with Crippen LogP contribution in [-0.2, 0) is 11.2 Å². The number of carbonyl (C=O) groups is 2. The first-order chi connectivity index (χ1) is 14.0. The summed E-state index contributed by atoms with van der Waals surface area (Å²) in [6, 6.07) is 15.0. The second kappa shape index (κ2) is 6.81. The second-order valence-electron chi connectivity index (χ2n) is 9.15. The summed E-state index contributed by atoms with van der Waals surface area (Å²) in [5, 5.41) is 10.5. The van der Waals surface area contributed by atoms with Crippen LogP contribution in [0.1, 0.15) is 60.0 Å². The summed E-state index contributed by atoms with van der Waals surface area (Å²) in [4.78, 5) is 24.6. The molecule has 0 unspecified atom stereocenters. The molecule has 0 aromatic heterocycles. The van der Waals surface area contributed by atoms with Gasteiger partial charge in [-0.2, -0.15) is 0 Å². The summed E-state index contributed by atoms with van der Waals surface area (Å²) in [6.45, 7) is 2.10. The molecular weight excluding hydrogens is 364 g/mol. The van der Waals surface area contributed by atoms with E-state index in [1.807, 2.05) is 30.3 Å². The molecule has 5 rings (SSSR count). The number of benzene rings is 2. The summed E-state index contributed by atoms with van der Waals surface area (Å²) < 4.78 is 5.60. The molecule has 1 N–H and O–H groups in total. The highest BCUT2D eigenvalue weighted by molar-refractivity contribution is 5.91. The maximum Gasteiger partial charge on any atom is 0.343 e. The van der Waals surface area contributed by atoms with Crippen molar-refractivity contribution in [3.05, 3.63) is 65.2 Å². The van der Waals surface area contributed by atoms with Gasteiger partial charge in [0, 0.05) is 11.8 Å². The quantitative estimate of drug-likeness (QED) is 0.613. The smallest absolute Gasteiger partial charge is 0.343 e. The Morgan fingerprint density at radius 2 is 1.93 bits per heavy atom. The Hall–Kier alpha value is -2.46. The Labute approximate surface area is 170 Å². The third kappa shape index (κ3) is 2.93. The fourth-order valence-electron chi connectivity index (χ4n) is 6.13. The Bertz CT molecular complexity index is 966. The number of ether oxygens (including phenoxy) is 1. The molecule has 0 amide bonds. The van der Waals surface area contributed by atoms with E-state index < -0.39 is 6.10 Å². The summed E-state index contributed by atoms with van der Waals surface area (Å²) >= 11 is 0. The van der Waals surface area contributed by atoms with Gasteiger partial charge < -0.3 is 9.84 Å². The van der Waals surface area contributed by atoms with Gasteiger partial charge in [0.1, 0.15) is 11.9 Å². The number of esters is 1. The first-order valence-electron chi connectivity index (χ1n) is 10.6. The van der Waals surface area contributed by atoms with Gasteiger partial charge in [-0.25, -0.2) is 4.79 Å². The van der Waals surface area contributed by atoms with Crippen LogP contribution in [0.4, 0.5) is 0 Å². The fraction of sp³-hybridized carbons (Fsp3) is 0.440. The predicted molar refractivity (Wildman–Crippen MR) is 109 cm³/mol. The molecule has 2 saturated carbocycles. The zero-order chi connectivity index (χ0) is 20.2. The molecule has 0 radical (unpaired) electrons. The van der Waals surface area contributed by atoms with Crippen LogP contribution in [0.2, 0.25) is 0 Å². The molecule has 3 aliphatic carbocycles. The fourth-order valence-corrected chi connectivity index (χ4v) is 6.13. The van der Waals surface area contributed by atoms with Crippen molar-refractivity contribution in [3.8, 4) is 5.75 Å². The minimum atomic E-state index is -0.797. The number of carbonyl (C=O) groups excluding carboxylic acids is 2. The number of hydrogen-bond donors (Lipinski definition) is 1. The van der Waals surface area contributed by atoms with Crippen LogP contribution in [0.25, 0.3) is 0 Å². The Balaban J connectivity index is 1.38. The van der Waals surface area contributed by atoms with Crippen LogP contribution in [0.3, 0.4) is 0 Å². The zero-order valence-electron chi connectivity index (χ0n) is 16.6. The van der Waals surface area contributed by atoms with Gasteiger partial charge in [0.25, 0.3) is 0 Å². The molecule has 4 heteroatoms. The number of fused-ring (bicyclic) bond motifs is 5. The molecule has 0 aliphatic heterocycles. The maximum absolute atomic E-state index is 12.4. The first-order valence-corrected chi connectivity index (χ1v) is 10.6. The number of hydrogen-bond acceptors (Lipinski definition) is 4. The Morgan fingerprint density at radius 1 is 1.14 bits per heavy atom. The zero-order valence-corrected chi connectivity index (χ0v) is 16.6. The lowest BCUT2D eigenvalue weighted by atomic mass is 9.55. The highest BCUT2D eigenvalue weighted by Gasteiger charge is 2.57. The molecule has 5 atom stereocenters. The van der Waals surface area contributed by atoms with Crippen molar-refractivity contribution in [3.63, 3.8) is 0 Å². The summed E-state index contributed by atoms with van der Waals surface area (Å²) in [5.74, 6) is 1.41. The maximum atomic E-state index is 12.4. The van der Waals surface area contributed by atoms with E-state index in [0.717, 1.165) is 25.7 Å². The van der Waals surface area contributed by atoms with E-state index in [-0.39, 0.29) is 23.1 Å². The molecule has 3 aliphatic rings. The van der Waals surface area contributed by atoms with Crippen LogP contribution >= 0.6 is 0 Å². The molecule has 0 heterocycles. The largest absolute Gasteiger partial charge is 0.423 e. The van der Waals surface area contributed by atoms with Crippen molar-refractivity contribution in [2.75, 3.05) is 0 Å². The van der Waals surface area contributed by atoms with Crippen LogP contribution < -0.4 is 4.74 Å². The molecule has 2 aromatic carbocycles. The molecule has 2 fully saturated rings. The van der Waals surface area contributed by atoms with E-state index in [1.54, 1.807) is 12.1 Å². The monoisotopic (exact) mass is 390 g/mol. The standard InChI is InChI=1S/C25H26O4/c1-25-12-11-19-18-10-8-17(29-24(28)15-5-3-2-4-6-15)13-16(18)7-9-20(19)21(25)14-22(26)23(25)27/h2-6,8,10,13,19-21,23,27H,7,9,11-12,14H2,1H3/t19-,20-,21-,23-,25+/m0/s1. The molecule has 2 aromatic rings. The highest BCUT2D eigenvalue weighted by Crippen LogP contribution is 2.60. The number of aryl methyl sites for hydroxylation is 1. The van der Waals surface area contributed by atoms with Crippen LogP contribution in [0, 0.1) is 17.3 Å². The van der Waals surface area contributed by atoms with Gasteiger partial charge in [-0.1, -0.05) is 31.2 Å². The lowest BCUT2D eigenvalue weighted by Crippen LogP contribution is -2.44. The van der Waals surface area contributed by atoms with Gasteiger partial charge in [0.05, 0.1) is 5.56 Å². The number of aliphatic hydroxyl groups excluding tert-OH is 1. The average molecular weight is 390 g/mol. The van der Waals surface area contributed by atoms with Gasteiger partial charge in [-0.3, -0.25) is 4.79 Å². The average Bonchev–Trinajstić information content (AvgIpc) is 2.98. The normalized spacial score (nSPS) is 32.8. The summed E-state index contributed by atoms with van der Waals surface area (Å²) in [6.07, 6.45) is 3.54. The molecule has 0 spiro atoms. The molecule has 29 heavy (non-hydrogen) atoms. The van der Waals surface area contributed by atoms with Crippen LogP contribution in [0.5, 0.6) is 5.75 Å². The van der Waals surface area contributed by atoms with Crippen molar-refractivity contribution < 1.29 is 19.4 Å². The number of rotatable bonds is 2. The van der Waals surface area contributed by atoms with Gasteiger partial charge >= 0.3 is 5.97 Å². The van der Waals surface area contributed by atoms with Gasteiger partial charge in [0.15, 0.2) is 5.78 Å². The van der Waals surface area contributed by atoms with Crippen molar-refractivity contribution in [2.45, 2.75) is 51.0 Å². The first kappa shape index (κ1) is 18.6. The van der Waals surface area contributed by atoms with Crippen molar-refractivity contribution in [2.24, 2.45) is 17.3 Å². The van der Waals surface area contributed by atoms with Crippen molar-refractivity contribution >= 4 is 11.8 Å². The van der Waals surface area contributed by atoms with Crippen LogP contribution in [0.15, 0.2) is 48.5 Å². The molecule has 0 saturated heterocycles. The third-order valence-corrected chi connectivity index (χ3v) is 7.71. The lowest BCUT2D eigenvalue weighted by molar-refractivity contribution is -0.128. The van der Waals surface area contributed by atoms with Gasteiger partial charge in [-0.15, -0.1) is 0 Å². The van der Waals surface area contributed by atoms with Crippen LogP contribution in [-0.4, -0.2) is 23.0 Å². The van der Waals surface area contributed by atoms with E-state index in [0.29, 0.717) is 29.6 Å². The Morgan fingerprint density at radius 3 is 2.72 bits per heavy atom. The Kier molecular flexibility index (Phi) is 4.36. The van der Waals surface area contributed by atoms with E-state index in [2.05, 4.69) is 13.0 Å². The minimum Gasteiger partial charge on any atom is -0.423 e. The summed E-state index contributed by atoms with van der Waals surface area (Å²) in [5.41, 5.74) is 2.86. The lowest BCUT2D eigenvalue weighted by Gasteiger charge is -2.49. The van der Waals surface area contributed by atoms with Crippen molar-refractivity contribution in [1.82, 2.24) is 0 Å². The third-order valence-electron chi connectivity index (χ3n) is 7.71. The number of Topliss-reactive ketones (excluding diaryl/α,β-unsaturated/α-hetero) is 1. The minimum absolute atomic E-state index is 0.0205. The van der Waals surface area contributed by atoms with Gasteiger partial charge in [0.2, 0.25) is 0 Å². The molecular formula is C25H26O4. The van der Waals surface area contributed by atoms with Gasteiger partial charge in [-0.05, 0) is 78.8 Å². The number of ketones is 1. The highest BCUT2D eigenvalue weighted by atomic mass is 16.5. The van der Waals surface area contributed by atoms with E-state index in [9.17, 15) is 14.7 Å². The van der Waals surface area contributed by atoms with E-state index in [4.69, 9.17) is 4.74 Å².